The van der Waals surface area contributed by atoms with Crippen LogP contribution in [0.1, 0.15) is 18.6 Å². The Morgan fingerprint density at radius 1 is 0.789 bits per heavy atom. The standard InChI is InChI=1S/C17H18O2/c1-13-11-19-17(12-18-13)16-9-7-15(8-10-16)14-5-3-2-4-6-14/h2-10,13,17H,11-12H2,1H3. The molecule has 0 saturated carbocycles. The molecule has 1 aliphatic rings. The van der Waals surface area contributed by atoms with Gasteiger partial charge >= 0.3 is 0 Å². The van der Waals surface area contributed by atoms with E-state index in [1.54, 1.807) is 0 Å². The first-order valence-corrected chi connectivity index (χ1v) is 6.71. The third-order valence-corrected chi connectivity index (χ3v) is 3.45. The number of hydrogen-bond acceptors (Lipinski definition) is 2. The van der Waals surface area contributed by atoms with Gasteiger partial charge in [0.15, 0.2) is 0 Å². The van der Waals surface area contributed by atoms with Gasteiger partial charge in [-0.1, -0.05) is 54.6 Å². The predicted octanol–water partition coefficient (Wildman–Crippen LogP) is 3.83. The van der Waals surface area contributed by atoms with Crippen LogP contribution in [0.4, 0.5) is 0 Å². The minimum absolute atomic E-state index is 0.0704. The van der Waals surface area contributed by atoms with Gasteiger partial charge in [-0.15, -0.1) is 0 Å². The summed E-state index contributed by atoms with van der Waals surface area (Å²) in [7, 11) is 0. The molecule has 19 heavy (non-hydrogen) atoms. The molecule has 1 aliphatic heterocycles. The summed E-state index contributed by atoms with van der Waals surface area (Å²) in [6.07, 6.45) is 0.279. The van der Waals surface area contributed by atoms with Crippen molar-refractivity contribution in [2.75, 3.05) is 13.2 Å². The van der Waals surface area contributed by atoms with Gasteiger partial charge in [-0.2, -0.15) is 0 Å². The molecule has 0 aromatic heterocycles. The van der Waals surface area contributed by atoms with Gasteiger partial charge in [0.2, 0.25) is 0 Å². The molecule has 2 atom stereocenters. The van der Waals surface area contributed by atoms with E-state index in [1.165, 1.54) is 16.7 Å². The molecular formula is C17H18O2. The van der Waals surface area contributed by atoms with Gasteiger partial charge in [-0.3, -0.25) is 0 Å². The molecule has 0 N–H and O–H groups in total. The summed E-state index contributed by atoms with van der Waals surface area (Å²) in [6, 6.07) is 18.9. The summed E-state index contributed by atoms with van der Waals surface area (Å²) in [4.78, 5) is 0. The van der Waals surface area contributed by atoms with Crippen molar-refractivity contribution < 1.29 is 9.47 Å². The summed E-state index contributed by atoms with van der Waals surface area (Å²) in [6.45, 7) is 3.35. The Hall–Kier alpha value is -1.64. The number of hydrogen-bond donors (Lipinski definition) is 0. The zero-order valence-corrected chi connectivity index (χ0v) is 11.1. The molecule has 2 unspecified atom stereocenters. The highest BCUT2D eigenvalue weighted by Crippen LogP contribution is 2.26. The van der Waals surface area contributed by atoms with Crippen LogP contribution >= 0.6 is 0 Å². The third-order valence-electron chi connectivity index (χ3n) is 3.45. The van der Waals surface area contributed by atoms with Gasteiger partial charge < -0.3 is 9.47 Å². The van der Waals surface area contributed by atoms with E-state index in [2.05, 4.69) is 48.5 Å². The molecule has 0 radical (unpaired) electrons. The van der Waals surface area contributed by atoms with E-state index in [4.69, 9.17) is 9.47 Å². The Morgan fingerprint density at radius 2 is 1.47 bits per heavy atom. The van der Waals surface area contributed by atoms with Crippen molar-refractivity contribution in [3.63, 3.8) is 0 Å². The van der Waals surface area contributed by atoms with Crippen LogP contribution in [-0.4, -0.2) is 19.3 Å². The highest BCUT2D eigenvalue weighted by molar-refractivity contribution is 5.63. The first-order chi connectivity index (χ1) is 9.33. The van der Waals surface area contributed by atoms with E-state index in [0.29, 0.717) is 13.2 Å². The van der Waals surface area contributed by atoms with Crippen molar-refractivity contribution in [1.29, 1.82) is 0 Å². The maximum atomic E-state index is 5.80. The van der Waals surface area contributed by atoms with E-state index in [9.17, 15) is 0 Å². The second-order valence-corrected chi connectivity index (χ2v) is 4.95. The molecule has 2 aromatic carbocycles. The van der Waals surface area contributed by atoms with E-state index in [1.807, 2.05) is 13.0 Å². The first kappa shape index (κ1) is 12.4. The molecule has 0 bridgehead atoms. The molecule has 1 heterocycles. The fraction of sp³-hybridized carbons (Fsp3) is 0.294. The number of ether oxygens (including phenoxy) is 2. The van der Waals surface area contributed by atoms with Crippen LogP contribution < -0.4 is 0 Å². The Balaban J connectivity index is 1.76. The Kier molecular flexibility index (Phi) is 3.62. The second-order valence-electron chi connectivity index (χ2n) is 4.95. The normalized spacial score (nSPS) is 23.2. The van der Waals surface area contributed by atoms with Gasteiger partial charge in [-0.25, -0.2) is 0 Å². The smallest absolute Gasteiger partial charge is 0.106 e. The maximum Gasteiger partial charge on any atom is 0.106 e. The molecule has 0 spiro atoms. The monoisotopic (exact) mass is 254 g/mol. The summed E-state index contributed by atoms with van der Waals surface area (Å²) >= 11 is 0. The molecule has 3 rings (SSSR count). The SMILES string of the molecule is CC1COC(c2ccc(-c3ccccc3)cc2)CO1. The van der Waals surface area contributed by atoms with E-state index < -0.39 is 0 Å². The molecule has 1 fully saturated rings. The van der Waals surface area contributed by atoms with Crippen LogP contribution in [-0.2, 0) is 9.47 Å². The lowest BCUT2D eigenvalue weighted by Gasteiger charge is -2.27. The van der Waals surface area contributed by atoms with Gasteiger partial charge in [0.1, 0.15) is 6.10 Å². The molecule has 1 saturated heterocycles. The highest BCUT2D eigenvalue weighted by Gasteiger charge is 2.20. The average Bonchev–Trinajstić information content (AvgIpc) is 2.49. The fourth-order valence-electron chi connectivity index (χ4n) is 2.31. The van der Waals surface area contributed by atoms with Crippen LogP contribution in [0.25, 0.3) is 11.1 Å². The van der Waals surface area contributed by atoms with E-state index >= 15 is 0 Å². The molecule has 0 aliphatic carbocycles. The van der Waals surface area contributed by atoms with Crippen molar-refractivity contribution in [1.82, 2.24) is 0 Å². The topological polar surface area (TPSA) is 18.5 Å². The molecule has 0 amide bonds. The maximum absolute atomic E-state index is 5.80. The van der Waals surface area contributed by atoms with Crippen molar-refractivity contribution in [3.8, 4) is 11.1 Å². The zero-order valence-electron chi connectivity index (χ0n) is 11.1. The number of benzene rings is 2. The van der Waals surface area contributed by atoms with Crippen molar-refractivity contribution in [2.24, 2.45) is 0 Å². The van der Waals surface area contributed by atoms with E-state index in [0.717, 1.165) is 0 Å². The Morgan fingerprint density at radius 3 is 2.11 bits per heavy atom. The second kappa shape index (κ2) is 5.55. The highest BCUT2D eigenvalue weighted by atomic mass is 16.6. The Bertz CT molecular complexity index is 511. The fourth-order valence-corrected chi connectivity index (χ4v) is 2.31. The van der Waals surface area contributed by atoms with Crippen LogP contribution in [0, 0.1) is 0 Å². The molecule has 2 aromatic rings. The lowest BCUT2D eigenvalue weighted by Crippen LogP contribution is -2.28. The minimum atomic E-state index is 0.0704. The summed E-state index contributed by atoms with van der Waals surface area (Å²) in [5.41, 5.74) is 3.66. The van der Waals surface area contributed by atoms with Crippen LogP contribution in [0.15, 0.2) is 54.6 Å². The zero-order chi connectivity index (χ0) is 13.1. The van der Waals surface area contributed by atoms with Crippen molar-refractivity contribution in [2.45, 2.75) is 19.1 Å². The van der Waals surface area contributed by atoms with Crippen LogP contribution in [0.5, 0.6) is 0 Å². The summed E-state index contributed by atoms with van der Waals surface area (Å²) < 4.78 is 11.4. The third kappa shape index (κ3) is 2.86. The van der Waals surface area contributed by atoms with Gasteiger partial charge in [0.25, 0.3) is 0 Å². The Labute approximate surface area is 114 Å². The molecule has 98 valence electrons. The van der Waals surface area contributed by atoms with Crippen molar-refractivity contribution in [3.05, 3.63) is 60.2 Å². The number of rotatable bonds is 2. The quantitative estimate of drug-likeness (QED) is 0.811. The lowest BCUT2D eigenvalue weighted by atomic mass is 10.0. The summed E-state index contributed by atoms with van der Waals surface area (Å²) in [5.74, 6) is 0. The molecular weight excluding hydrogens is 236 g/mol. The lowest BCUT2D eigenvalue weighted by molar-refractivity contribution is -0.128. The van der Waals surface area contributed by atoms with Crippen molar-refractivity contribution >= 4 is 0 Å². The van der Waals surface area contributed by atoms with Crippen LogP contribution in [0.2, 0.25) is 0 Å². The minimum Gasteiger partial charge on any atom is -0.373 e. The van der Waals surface area contributed by atoms with Gasteiger partial charge in [0, 0.05) is 0 Å². The molecule has 2 nitrogen and oxygen atoms in total. The predicted molar refractivity (Wildman–Crippen MR) is 76.0 cm³/mol. The molecule has 2 heteroatoms. The average molecular weight is 254 g/mol. The van der Waals surface area contributed by atoms with Gasteiger partial charge in [-0.05, 0) is 23.6 Å². The van der Waals surface area contributed by atoms with Gasteiger partial charge in [0.05, 0.1) is 19.3 Å². The van der Waals surface area contributed by atoms with Crippen LogP contribution in [0.3, 0.4) is 0 Å². The first-order valence-electron chi connectivity index (χ1n) is 6.71. The summed E-state index contributed by atoms with van der Waals surface area (Å²) in [5, 5.41) is 0. The van der Waals surface area contributed by atoms with E-state index in [-0.39, 0.29) is 12.2 Å². The largest absolute Gasteiger partial charge is 0.373 e.